The van der Waals surface area contributed by atoms with Crippen LogP contribution in [-0.2, 0) is 16.1 Å². The molecule has 6 heteroatoms. The molecule has 2 amide bonds. The fourth-order valence-corrected chi connectivity index (χ4v) is 4.14. The summed E-state index contributed by atoms with van der Waals surface area (Å²) in [6.45, 7) is 8.29. The highest BCUT2D eigenvalue weighted by Gasteiger charge is 2.36. The molecule has 0 aliphatic carbocycles. The Morgan fingerprint density at radius 2 is 1.85 bits per heavy atom. The summed E-state index contributed by atoms with van der Waals surface area (Å²) in [4.78, 5) is 33.4. The highest BCUT2D eigenvalue weighted by molar-refractivity contribution is 5.89. The molecule has 0 unspecified atom stereocenters. The number of amides is 2. The fourth-order valence-electron chi connectivity index (χ4n) is 4.14. The van der Waals surface area contributed by atoms with Gasteiger partial charge in [0, 0.05) is 44.0 Å². The normalized spacial score (nSPS) is 21.9. The van der Waals surface area contributed by atoms with Gasteiger partial charge >= 0.3 is 0 Å². The third-order valence-electron chi connectivity index (χ3n) is 5.49. The van der Waals surface area contributed by atoms with Crippen molar-refractivity contribution in [2.75, 3.05) is 26.2 Å². The minimum absolute atomic E-state index is 0.000371. The maximum absolute atomic E-state index is 12.8. The molecule has 2 fully saturated rings. The van der Waals surface area contributed by atoms with E-state index in [-0.39, 0.29) is 23.3 Å². The largest absolute Gasteiger partial charge is 0.350 e. The summed E-state index contributed by atoms with van der Waals surface area (Å²) in [6, 6.07) is 3.82. The predicted octanol–water partition coefficient (Wildman–Crippen LogP) is 2.20. The lowest BCUT2D eigenvalue weighted by Gasteiger charge is -2.33. The van der Waals surface area contributed by atoms with Gasteiger partial charge in [0.1, 0.15) is 0 Å². The minimum Gasteiger partial charge on any atom is -0.350 e. The van der Waals surface area contributed by atoms with E-state index in [4.69, 9.17) is 0 Å². The number of pyridine rings is 1. The van der Waals surface area contributed by atoms with Crippen molar-refractivity contribution in [2.24, 2.45) is 5.92 Å². The third kappa shape index (κ3) is 5.76. The molecule has 6 nitrogen and oxygen atoms in total. The topological polar surface area (TPSA) is 65.5 Å². The Balaban J connectivity index is 1.52. The molecule has 1 aromatic rings. The van der Waals surface area contributed by atoms with Crippen molar-refractivity contribution >= 4 is 11.8 Å². The van der Waals surface area contributed by atoms with Gasteiger partial charge in [-0.1, -0.05) is 12.8 Å². The van der Waals surface area contributed by atoms with Gasteiger partial charge in [-0.3, -0.25) is 14.6 Å². The molecule has 0 radical (unpaired) electrons. The predicted molar refractivity (Wildman–Crippen MR) is 105 cm³/mol. The Bertz CT molecular complexity index is 639. The molecule has 0 aromatic carbocycles. The van der Waals surface area contributed by atoms with E-state index >= 15 is 0 Å². The number of nitrogens with one attached hydrogen (secondary N) is 1. The number of carbonyl (C=O) groups excluding carboxylic acids is 2. The lowest BCUT2D eigenvalue weighted by molar-refractivity contribution is -0.129. The second kappa shape index (κ2) is 8.83. The number of aromatic nitrogens is 1. The summed E-state index contributed by atoms with van der Waals surface area (Å²) in [5.41, 5.74) is 0.754. The van der Waals surface area contributed by atoms with E-state index in [1.165, 1.54) is 25.7 Å². The maximum Gasteiger partial charge on any atom is 0.225 e. The van der Waals surface area contributed by atoms with Crippen LogP contribution in [-0.4, -0.2) is 58.3 Å². The number of hydrogen-bond donors (Lipinski definition) is 1. The Labute approximate surface area is 162 Å². The maximum atomic E-state index is 12.8. The highest BCUT2D eigenvalue weighted by atomic mass is 16.2. The first kappa shape index (κ1) is 19.8. The molecular formula is C21H32N4O2. The van der Waals surface area contributed by atoms with Gasteiger partial charge in [-0.15, -0.1) is 0 Å². The molecule has 2 aliphatic rings. The average Bonchev–Trinajstić information content (AvgIpc) is 2.81. The van der Waals surface area contributed by atoms with Crippen molar-refractivity contribution in [1.29, 1.82) is 0 Å². The summed E-state index contributed by atoms with van der Waals surface area (Å²) in [7, 11) is 0. The molecule has 2 saturated heterocycles. The van der Waals surface area contributed by atoms with Crippen molar-refractivity contribution in [2.45, 2.75) is 58.0 Å². The highest BCUT2D eigenvalue weighted by Crippen LogP contribution is 2.22. The number of carbonyl (C=O) groups is 2. The summed E-state index contributed by atoms with van der Waals surface area (Å²) < 4.78 is 0. The van der Waals surface area contributed by atoms with E-state index in [0.717, 1.165) is 25.2 Å². The molecule has 148 valence electrons. The Morgan fingerprint density at radius 1 is 1.19 bits per heavy atom. The molecule has 0 bridgehead atoms. The van der Waals surface area contributed by atoms with Crippen LogP contribution >= 0.6 is 0 Å². The zero-order valence-electron chi connectivity index (χ0n) is 16.6. The van der Waals surface area contributed by atoms with Gasteiger partial charge in [0.15, 0.2) is 0 Å². The molecule has 0 saturated carbocycles. The van der Waals surface area contributed by atoms with Gasteiger partial charge in [0.25, 0.3) is 0 Å². The molecule has 27 heavy (non-hydrogen) atoms. The Morgan fingerprint density at radius 3 is 2.52 bits per heavy atom. The van der Waals surface area contributed by atoms with Crippen molar-refractivity contribution < 1.29 is 9.59 Å². The third-order valence-corrected chi connectivity index (χ3v) is 5.49. The first-order valence-corrected chi connectivity index (χ1v) is 10.1. The van der Waals surface area contributed by atoms with Crippen LogP contribution in [0.5, 0.6) is 0 Å². The van der Waals surface area contributed by atoms with Gasteiger partial charge in [0.05, 0.1) is 5.92 Å². The van der Waals surface area contributed by atoms with Gasteiger partial charge in [-0.2, -0.15) is 0 Å². The summed E-state index contributed by atoms with van der Waals surface area (Å²) in [5, 5.41) is 3.20. The van der Waals surface area contributed by atoms with E-state index in [2.05, 4.69) is 29.0 Å². The van der Waals surface area contributed by atoms with Crippen LogP contribution in [0.3, 0.4) is 0 Å². The molecule has 3 heterocycles. The van der Waals surface area contributed by atoms with Crippen molar-refractivity contribution in [1.82, 2.24) is 20.1 Å². The van der Waals surface area contributed by atoms with Crippen LogP contribution in [0.15, 0.2) is 24.5 Å². The molecule has 3 rings (SSSR count). The van der Waals surface area contributed by atoms with E-state index < -0.39 is 0 Å². The lowest BCUT2D eigenvalue weighted by atomic mass is 10.0. The fraction of sp³-hybridized carbons (Fsp3) is 0.667. The summed E-state index contributed by atoms with van der Waals surface area (Å²) in [6.07, 6.45) is 8.85. The lowest BCUT2D eigenvalue weighted by Crippen LogP contribution is -2.53. The summed E-state index contributed by atoms with van der Waals surface area (Å²) in [5.74, 6) is -0.208. The molecule has 0 spiro atoms. The van der Waals surface area contributed by atoms with E-state index in [9.17, 15) is 9.59 Å². The van der Waals surface area contributed by atoms with Gasteiger partial charge < -0.3 is 15.1 Å². The first-order chi connectivity index (χ1) is 12.9. The Hall–Kier alpha value is -1.95. The van der Waals surface area contributed by atoms with Crippen molar-refractivity contribution in [3.8, 4) is 0 Å². The zero-order chi connectivity index (χ0) is 19.3. The number of nitrogens with zero attached hydrogens (tertiary/aromatic N) is 3. The first-order valence-electron chi connectivity index (χ1n) is 10.1. The van der Waals surface area contributed by atoms with Crippen LogP contribution in [0.1, 0.15) is 51.5 Å². The standard InChI is InChI=1S/C21H32N4O2/c1-21(2,16-24-11-5-3-4-6-12-24)23-20(27)18-13-19(26)25(15-18)14-17-7-9-22-10-8-17/h7-10,18H,3-6,11-16H2,1-2H3,(H,23,27)/t18-/m1/s1. The van der Waals surface area contributed by atoms with E-state index in [1.807, 2.05) is 12.1 Å². The quantitative estimate of drug-likeness (QED) is 0.831. The average molecular weight is 373 g/mol. The SMILES string of the molecule is CC(C)(CN1CCCCCC1)NC(=O)[C@@H]1CC(=O)N(Cc2ccncc2)C1. The minimum atomic E-state index is -0.289. The summed E-state index contributed by atoms with van der Waals surface area (Å²) >= 11 is 0. The van der Waals surface area contributed by atoms with Crippen LogP contribution in [0.2, 0.25) is 0 Å². The number of likely N-dealkylation sites (tertiary alicyclic amines) is 2. The van der Waals surface area contributed by atoms with Crippen LogP contribution in [0, 0.1) is 5.92 Å². The smallest absolute Gasteiger partial charge is 0.225 e. The van der Waals surface area contributed by atoms with E-state index in [1.54, 1.807) is 17.3 Å². The van der Waals surface area contributed by atoms with E-state index in [0.29, 0.717) is 19.5 Å². The van der Waals surface area contributed by atoms with Crippen LogP contribution < -0.4 is 5.32 Å². The van der Waals surface area contributed by atoms with Crippen LogP contribution in [0.25, 0.3) is 0 Å². The van der Waals surface area contributed by atoms with Gasteiger partial charge in [-0.25, -0.2) is 0 Å². The Kier molecular flexibility index (Phi) is 6.47. The van der Waals surface area contributed by atoms with Crippen molar-refractivity contribution in [3.05, 3.63) is 30.1 Å². The molecule has 1 atom stereocenters. The van der Waals surface area contributed by atoms with Crippen LogP contribution in [0.4, 0.5) is 0 Å². The zero-order valence-corrected chi connectivity index (χ0v) is 16.6. The second-order valence-electron chi connectivity index (χ2n) is 8.59. The molecule has 1 N–H and O–H groups in total. The van der Waals surface area contributed by atoms with Gasteiger partial charge in [0.2, 0.25) is 11.8 Å². The van der Waals surface area contributed by atoms with Gasteiger partial charge in [-0.05, 0) is 57.5 Å². The second-order valence-corrected chi connectivity index (χ2v) is 8.59. The molecule has 1 aromatic heterocycles. The van der Waals surface area contributed by atoms with Crippen molar-refractivity contribution in [3.63, 3.8) is 0 Å². The monoisotopic (exact) mass is 372 g/mol. The number of hydrogen-bond acceptors (Lipinski definition) is 4. The molecular weight excluding hydrogens is 340 g/mol. The number of rotatable bonds is 6. The molecule has 2 aliphatic heterocycles.